The van der Waals surface area contributed by atoms with Crippen LogP contribution in [0.15, 0.2) is 118 Å². The van der Waals surface area contributed by atoms with Crippen molar-refractivity contribution < 1.29 is 28.8 Å². The van der Waals surface area contributed by atoms with Crippen LogP contribution in [0.1, 0.15) is 34.6 Å². The molecule has 0 saturated heterocycles. The number of anilines is 4. The summed E-state index contributed by atoms with van der Waals surface area (Å²) in [7, 11) is 0. The van der Waals surface area contributed by atoms with Crippen LogP contribution in [0.5, 0.6) is 0 Å². The Morgan fingerprint density at radius 1 is 0.450 bits per heavy atom. The van der Waals surface area contributed by atoms with Crippen molar-refractivity contribution in [1.29, 1.82) is 0 Å². The number of amides is 4. The van der Waals surface area contributed by atoms with Crippen molar-refractivity contribution in [3.05, 3.63) is 138 Å². The second-order valence-electron chi connectivity index (χ2n) is 12.4. The fourth-order valence-electron chi connectivity index (χ4n) is 5.08. The van der Waals surface area contributed by atoms with Crippen molar-refractivity contribution in [3.8, 4) is 0 Å². The molecular formula is C40H28Cl6N8O6. The molecule has 2 unspecified atom stereocenters. The number of carbonyl (C=O) groups is 6. The third-order valence-corrected chi connectivity index (χ3v) is 10.2. The molecule has 0 saturated carbocycles. The summed E-state index contributed by atoms with van der Waals surface area (Å²) >= 11 is 37.6. The molecule has 0 spiro atoms. The average molecular weight is 929 g/mol. The smallest absolute Gasteiger partial charge is 0.258 e. The van der Waals surface area contributed by atoms with Gasteiger partial charge in [0.2, 0.25) is 12.1 Å². The van der Waals surface area contributed by atoms with E-state index < -0.39 is 47.3 Å². The van der Waals surface area contributed by atoms with E-state index in [0.717, 1.165) is 13.8 Å². The SMILES string of the molecule is CC(=O)C(N=Nc1cccc(C(=O)Nc2c(Cl)cccc2Cl)c1Cl)C(=O)Nc1ccc(NC(=O)C(N=Nc2cccc(C(=O)Nc3c(Cl)cccc3Cl)c2Cl)C(C)=O)cc1. The summed E-state index contributed by atoms with van der Waals surface area (Å²) in [6.45, 7) is 2.29. The van der Waals surface area contributed by atoms with Crippen LogP contribution in [0.4, 0.5) is 34.1 Å². The van der Waals surface area contributed by atoms with Gasteiger partial charge < -0.3 is 21.3 Å². The fraction of sp³-hybridized carbons (Fsp3) is 0.100. The second-order valence-corrected chi connectivity index (χ2v) is 14.8. The minimum atomic E-state index is -1.61. The quantitative estimate of drug-likeness (QED) is 0.0630. The van der Waals surface area contributed by atoms with E-state index in [2.05, 4.69) is 41.7 Å². The number of halogens is 6. The predicted octanol–water partition coefficient (Wildman–Crippen LogP) is 11.5. The van der Waals surface area contributed by atoms with Crippen LogP contribution >= 0.6 is 69.6 Å². The first-order valence-electron chi connectivity index (χ1n) is 17.2. The first kappa shape index (κ1) is 45.3. The highest BCUT2D eigenvalue weighted by Crippen LogP contribution is 2.35. The number of benzene rings is 5. The Morgan fingerprint density at radius 2 is 0.767 bits per heavy atom. The Hall–Kier alpha value is -5.74. The molecule has 20 heteroatoms. The van der Waals surface area contributed by atoms with Gasteiger partial charge >= 0.3 is 0 Å². The highest BCUT2D eigenvalue weighted by atomic mass is 35.5. The lowest BCUT2D eigenvalue weighted by Gasteiger charge is -2.12. The maximum Gasteiger partial charge on any atom is 0.258 e. The van der Waals surface area contributed by atoms with Gasteiger partial charge in [-0.2, -0.15) is 20.5 Å². The molecule has 5 rings (SSSR count). The molecule has 2 atom stereocenters. The summed E-state index contributed by atoms with van der Waals surface area (Å²) in [5.74, 6) is -4.28. The van der Waals surface area contributed by atoms with Crippen LogP contribution in [0.3, 0.4) is 0 Å². The molecule has 5 aromatic rings. The molecule has 4 N–H and O–H groups in total. The van der Waals surface area contributed by atoms with Crippen molar-refractivity contribution in [3.63, 3.8) is 0 Å². The van der Waals surface area contributed by atoms with Crippen LogP contribution < -0.4 is 21.3 Å². The Labute approximate surface area is 371 Å². The van der Waals surface area contributed by atoms with Gasteiger partial charge in [-0.15, -0.1) is 0 Å². The largest absolute Gasteiger partial charge is 0.324 e. The van der Waals surface area contributed by atoms with Crippen LogP contribution in [-0.2, 0) is 19.2 Å². The average Bonchev–Trinajstić information content (AvgIpc) is 3.19. The molecule has 0 heterocycles. The van der Waals surface area contributed by atoms with Gasteiger partial charge in [0.25, 0.3) is 23.6 Å². The van der Waals surface area contributed by atoms with E-state index >= 15 is 0 Å². The normalized spacial score (nSPS) is 12.1. The van der Waals surface area contributed by atoms with Gasteiger partial charge in [0.05, 0.1) is 52.6 Å². The number of Topliss-reactive ketones (excluding diaryl/α,β-unsaturated/α-hetero) is 2. The first-order valence-corrected chi connectivity index (χ1v) is 19.4. The van der Waals surface area contributed by atoms with E-state index in [0.29, 0.717) is 0 Å². The number of nitrogens with one attached hydrogen (secondary N) is 4. The molecule has 0 bridgehead atoms. The molecule has 14 nitrogen and oxygen atoms in total. The van der Waals surface area contributed by atoms with Gasteiger partial charge in [0.15, 0.2) is 11.6 Å². The number of hydrogen-bond donors (Lipinski definition) is 4. The van der Waals surface area contributed by atoms with E-state index in [9.17, 15) is 28.8 Å². The summed E-state index contributed by atoms with van der Waals surface area (Å²) in [5.41, 5.74) is 0.769. The highest BCUT2D eigenvalue weighted by molar-refractivity contribution is 6.42. The summed E-state index contributed by atoms with van der Waals surface area (Å²) in [6, 6.07) is 20.5. The third-order valence-electron chi connectivity index (χ3n) is 8.10. The van der Waals surface area contributed by atoms with Crippen molar-refractivity contribution >= 4 is 139 Å². The predicted molar refractivity (Wildman–Crippen MR) is 233 cm³/mol. The second kappa shape index (κ2) is 20.5. The van der Waals surface area contributed by atoms with Crippen molar-refractivity contribution in [2.24, 2.45) is 20.5 Å². The zero-order valence-electron chi connectivity index (χ0n) is 30.9. The van der Waals surface area contributed by atoms with Crippen molar-refractivity contribution in [2.45, 2.75) is 25.9 Å². The topological polar surface area (TPSA) is 200 Å². The lowest BCUT2D eigenvalue weighted by Crippen LogP contribution is -2.32. The standard InChI is InChI=1S/C40H28Cl6N8O6/c1-19(55)33(53-51-29-13-3-7-23(31(29)45)37(57)49-35-25(41)9-5-10-26(35)42)39(59)47-21-15-17-22(18-16-21)48-40(60)34(20(2)56)54-52-30-14-4-8-24(32(30)46)38(58)50-36-27(43)11-6-12-28(36)44/h3-18,33-34H,1-2H3,(H,47,59)(H,48,60)(H,49,57)(H,50,58). The molecular weight excluding hydrogens is 901 g/mol. The number of hydrogen-bond acceptors (Lipinski definition) is 10. The monoisotopic (exact) mass is 926 g/mol. The van der Waals surface area contributed by atoms with E-state index in [1.807, 2.05) is 0 Å². The van der Waals surface area contributed by atoms with Crippen LogP contribution in [0, 0.1) is 0 Å². The molecule has 0 aliphatic rings. The minimum Gasteiger partial charge on any atom is -0.324 e. The Balaban J connectivity index is 1.22. The minimum absolute atomic E-state index is 0.00326. The maximum absolute atomic E-state index is 13.1. The first-order chi connectivity index (χ1) is 28.5. The summed E-state index contributed by atoms with van der Waals surface area (Å²) < 4.78 is 0. The number of nitrogens with zero attached hydrogens (tertiary/aromatic N) is 4. The van der Waals surface area contributed by atoms with Crippen LogP contribution in [0.2, 0.25) is 30.1 Å². The maximum atomic E-state index is 13.1. The fourth-order valence-corrected chi connectivity index (χ4v) is 6.56. The zero-order valence-corrected chi connectivity index (χ0v) is 35.4. The number of azo groups is 2. The molecule has 0 radical (unpaired) electrons. The lowest BCUT2D eigenvalue weighted by molar-refractivity contribution is -0.127. The van der Waals surface area contributed by atoms with Gasteiger partial charge in [-0.25, -0.2) is 0 Å². The highest BCUT2D eigenvalue weighted by Gasteiger charge is 2.26. The van der Waals surface area contributed by atoms with E-state index in [1.54, 1.807) is 36.4 Å². The van der Waals surface area contributed by atoms with E-state index in [4.69, 9.17) is 69.6 Å². The molecule has 60 heavy (non-hydrogen) atoms. The number of para-hydroxylation sites is 2. The van der Waals surface area contributed by atoms with Gasteiger partial charge in [-0.1, -0.05) is 93.9 Å². The van der Waals surface area contributed by atoms with Gasteiger partial charge in [-0.05, 0) is 86.6 Å². The summed E-state index contributed by atoms with van der Waals surface area (Å²) in [5, 5.41) is 26.6. The number of rotatable bonds is 14. The van der Waals surface area contributed by atoms with Crippen molar-refractivity contribution in [2.75, 3.05) is 21.3 Å². The Bertz CT molecular complexity index is 2370. The van der Waals surface area contributed by atoms with Gasteiger partial charge in [-0.3, -0.25) is 28.8 Å². The molecule has 0 aromatic heterocycles. The van der Waals surface area contributed by atoms with Crippen LogP contribution in [0.25, 0.3) is 0 Å². The van der Waals surface area contributed by atoms with Crippen LogP contribution in [-0.4, -0.2) is 47.3 Å². The third kappa shape index (κ3) is 11.3. The molecule has 0 aliphatic carbocycles. The molecule has 0 aliphatic heterocycles. The number of carbonyl (C=O) groups excluding carboxylic acids is 6. The number of ketones is 2. The summed E-state index contributed by atoms with van der Waals surface area (Å²) in [6.07, 6.45) is 0. The zero-order chi connectivity index (χ0) is 43.7. The van der Waals surface area contributed by atoms with Gasteiger partial charge in [0.1, 0.15) is 11.4 Å². The lowest BCUT2D eigenvalue weighted by atomic mass is 10.1. The Morgan fingerprint density at radius 3 is 1.08 bits per heavy atom. The molecule has 306 valence electrons. The molecule has 0 fully saturated rings. The van der Waals surface area contributed by atoms with E-state index in [1.165, 1.54) is 60.7 Å². The summed E-state index contributed by atoms with van der Waals surface area (Å²) in [4.78, 5) is 77.2. The van der Waals surface area contributed by atoms with Gasteiger partial charge in [0, 0.05) is 11.4 Å². The molecule has 4 amide bonds. The van der Waals surface area contributed by atoms with E-state index in [-0.39, 0.29) is 75.4 Å². The Kier molecular flexibility index (Phi) is 15.5. The molecule has 5 aromatic carbocycles. The van der Waals surface area contributed by atoms with Crippen molar-refractivity contribution in [1.82, 2.24) is 0 Å².